The van der Waals surface area contributed by atoms with E-state index in [2.05, 4.69) is 49.1 Å². The Hall–Kier alpha value is -12.2. The molecule has 0 aromatic heterocycles. The van der Waals surface area contributed by atoms with Gasteiger partial charge < -0.3 is 76.4 Å². The first-order valence-corrected chi connectivity index (χ1v) is 30.1. The van der Waals surface area contributed by atoms with Gasteiger partial charge in [-0.2, -0.15) is 0 Å². The Bertz CT molecular complexity index is 3990. The van der Waals surface area contributed by atoms with E-state index in [1.54, 1.807) is 83.1 Å². The third-order valence-electron chi connectivity index (χ3n) is 15.0. The average Bonchev–Trinajstić information content (AvgIpc) is 0.818. The number of aryl methyl sites for hydroxylation is 4. The Morgan fingerprint density at radius 2 is 0.635 bits per heavy atom. The summed E-state index contributed by atoms with van der Waals surface area (Å²) in [5, 5.41) is 45.3. The number of hydrogen-bond acceptors (Lipinski definition) is 16. The van der Waals surface area contributed by atoms with E-state index in [0.29, 0.717) is 22.3 Å². The summed E-state index contributed by atoms with van der Waals surface area (Å²) < 4.78 is 30.5. The van der Waals surface area contributed by atoms with Crippen LogP contribution < -0.4 is 52.0 Å². The van der Waals surface area contributed by atoms with Crippen molar-refractivity contribution >= 4 is 98.7 Å². The number of nitrogens with one attached hydrogen (secondary N) is 8. The molecule has 0 fully saturated rings. The molecular formula is C72H66N8O16. The first-order valence-electron chi connectivity index (χ1n) is 30.1. The van der Waals surface area contributed by atoms with Crippen molar-refractivity contribution in [2.24, 2.45) is 5.41 Å². The molecule has 24 heteroatoms. The van der Waals surface area contributed by atoms with E-state index in [0.717, 1.165) is 6.08 Å². The van der Waals surface area contributed by atoms with Crippen molar-refractivity contribution in [3.05, 3.63) is 225 Å². The van der Waals surface area contributed by atoms with Crippen molar-refractivity contribution in [3.8, 4) is 23.0 Å². The van der Waals surface area contributed by atoms with Gasteiger partial charge in [-0.1, -0.05) is 37.8 Å². The molecule has 490 valence electrons. The fraction of sp³-hybridized carbons (Fsp3) is 0.181. The highest BCUT2D eigenvalue weighted by molar-refractivity contribution is 6.17. The van der Waals surface area contributed by atoms with Crippen LogP contribution in [-0.4, -0.2) is 110 Å². The summed E-state index contributed by atoms with van der Waals surface area (Å²) in [5.74, 6) is -8.68. The number of esters is 1. The first-order chi connectivity index (χ1) is 46.0. The fourth-order valence-electron chi connectivity index (χ4n) is 10.5. The van der Waals surface area contributed by atoms with Gasteiger partial charge >= 0.3 is 5.97 Å². The van der Waals surface area contributed by atoms with Gasteiger partial charge in [-0.25, -0.2) is 4.79 Å². The SMILES string of the molecule is C=CC(=O)OCC1(C)COCCOc2c3cc(C)cc2C(=O)Nc2cccc(c2)NC(=O)c2cc(C)cc(c2O)C(=O)Nc2cccc(c2)NC(=O)c2cc(C)cc(c2OCCOC1)C(=O)Nc1cccc(c1)NC(=O)c1cc(C)cc(c1O)C(=O)Nc1cccc(c1)NC3=O. The predicted octanol–water partition coefficient (Wildman–Crippen LogP) is 11.2. The number of anilines is 8. The van der Waals surface area contributed by atoms with Gasteiger partial charge in [-0.3, -0.25) is 38.4 Å². The summed E-state index contributed by atoms with van der Waals surface area (Å²) >= 11 is 0. The average molecular weight is 1300 g/mol. The van der Waals surface area contributed by atoms with E-state index in [-0.39, 0.29) is 148 Å². The van der Waals surface area contributed by atoms with Crippen LogP contribution in [0.3, 0.4) is 0 Å². The number of carbonyl (C=O) groups is 9. The van der Waals surface area contributed by atoms with Gasteiger partial charge in [0.25, 0.3) is 47.3 Å². The zero-order chi connectivity index (χ0) is 68.4. The number of fused-ring (bicyclic) bond motifs is 22. The maximum atomic E-state index is 14.7. The summed E-state index contributed by atoms with van der Waals surface area (Å²) in [6.07, 6.45) is 0.998. The lowest BCUT2D eigenvalue weighted by atomic mass is 9.94. The molecule has 0 atom stereocenters. The van der Waals surface area contributed by atoms with Crippen LogP contribution in [0.15, 0.2) is 158 Å². The molecule has 0 saturated heterocycles. The van der Waals surface area contributed by atoms with E-state index in [9.17, 15) is 53.4 Å². The first kappa shape index (κ1) is 66.8. The maximum absolute atomic E-state index is 14.7. The molecular weight excluding hydrogens is 1230 g/mol. The standard InChI is InChI=1S/C72H66N8O16/c1-7-59(81)96-38-72(6)36-92-20-22-94-62-55-28-41(4)30-57(62)70(90)79-49-18-10-14-45(34-49)75-66(86)53-26-40(3)27-54(61(53)83)67(87)76-46-15-11-19-50(35-46)80-71(91)58-31-42(5)29-56(63(58)95-23-21-93-37-72)69(89)78-48-17-9-13-44(33-48)74-65(85)52-25-39(2)24-51(60(52)82)64(84)73-43-12-8-16-47(32-43)77-68(55)88/h7-19,24-35,82-83H,1,20-23,36-38H2,2-6H3,(H,73,84)(H,74,85)(H,75,86)(H,76,87)(H,77,88)(H,78,89)(H,79,90)(H,80,91). The second-order valence-corrected chi connectivity index (χ2v) is 23.2. The molecule has 96 heavy (non-hydrogen) atoms. The molecule has 0 aliphatic carbocycles. The Labute approximate surface area is 550 Å². The summed E-state index contributed by atoms with van der Waals surface area (Å²) in [6, 6.07) is 35.8. The molecule has 2 aliphatic rings. The van der Waals surface area contributed by atoms with E-state index in [4.69, 9.17) is 23.7 Å². The number of rotatable bonds is 3. The normalized spacial score (nSPS) is 15.1. The molecule has 10 rings (SSSR count). The lowest BCUT2D eigenvalue weighted by molar-refractivity contribution is -0.145. The molecule has 24 nitrogen and oxygen atoms in total. The lowest BCUT2D eigenvalue weighted by Gasteiger charge is -2.28. The zero-order valence-corrected chi connectivity index (χ0v) is 52.7. The lowest BCUT2D eigenvalue weighted by Crippen LogP contribution is -2.36. The van der Waals surface area contributed by atoms with Crippen molar-refractivity contribution < 1.29 is 77.0 Å². The van der Waals surface area contributed by atoms with Gasteiger partial charge in [0.1, 0.15) is 42.8 Å². The highest BCUT2D eigenvalue weighted by atomic mass is 16.6. The van der Waals surface area contributed by atoms with Crippen LogP contribution in [0, 0.1) is 33.1 Å². The Morgan fingerprint density at radius 3 is 0.875 bits per heavy atom. The van der Waals surface area contributed by atoms with Crippen molar-refractivity contribution in [2.75, 3.05) is 88.8 Å². The van der Waals surface area contributed by atoms with Crippen molar-refractivity contribution in [2.45, 2.75) is 34.6 Å². The molecule has 2 heterocycles. The maximum Gasteiger partial charge on any atom is 0.330 e. The molecule has 2 aliphatic heterocycles. The van der Waals surface area contributed by atoms with Crippen LogP contribution in [-0.2, 0) is 19.0 Å². The number of phenolic OH excluding ortho intramolecular Hbond substituents is 2. The number of aromatic hydroxyl groups is 2. The monoisotopic (exact) mass is 1300 g/mol. The van der Waals surface area contributed by atoms with E-state index in [1.165, 1.54) is 97.1 Å². The minimum Gasteiger partial charge on any atom is -0.506 e. The number of ether oxygens (including phenoxy) is 5. The molecule has 0 spiro atoms. The summed E-state index contributed by atoms with van der Waals surface area (Å²) in [7, 11) is 0. The zero-order valence-electron chi connectivity index (χ0n) is 52.7. The van der Waals surface area contributed by atoms with Crippen LogP contribution >= 0.6 is 0 Å². The molecule has 8 aromatic carbocycles. The van der Waals surface area contributed by atoms with Crippen LogP contribution in [0.1, 0.15) is 112 Å². The number of carbonyl (C=O) groups excluding carboxylic acids is 9. The van der Waals surface area contributed by atoms with E-state index in [1.807, 2.05) is 0 Å². The highest BCUT2D eigenvalue weighted by Gasteiger charge is 2.31. The molecule has 8 aromatic rings. The van der Waals surface area contributed by atoms with Crippen molar-refractivity contribution in [1.29, 1.82) is 0 Å². The molecule has 0 unspecified atom stereocenters. The molecule has 0 radical (unpaired) electrons. The second-order valence-electron chi connectivity index (χ2n) is 23.2. The largest absolute Gasteiger partial charge is 0.506 e. The van der Waals surface area contributed by atoms with Crippen molar-refractivity contribution in [3.63, 3.8) is 0 Å². The van der Waals surface area contributed by atoms with Gasteiger partial charge in [0, 0.05) is 57.0 Å². The van der Waals surface area contributed by atoms with Gasteiger partial charge in [0.15, 0.2) is 0 Å². The Kier molecular flexibility index (Phi) is 20.3. The number of hydrogen-bond donors (Lipinski definition) is 10. The third-order valence-corrected chi connectivity index (χ3v) is 15.0. The van der Waals surface area contributed by atoms with Crippen LogP contribution in [0.5, 0.6) is 23.0 Å². The quantitative estimate of drug-likeness (QED) is 0.0580. The van der Waals surface area contributed by atoms with Crippen LogP contribution in [0.4, 0.5) is 45.5 Å². The van der Waals surface area contributed by atoms with Gasteiger partial charge in [0.2, 0.25) is 0 Å². The highest BCUT2D eigenvalue weighted by Crippen LogP contribution is 2.35. The summed E-state index contributed by atoms with van der Waals surface area (Å²) in [4.78, 5) is 127. The number of amides is 8. The fourth-order valence-corrected chi connectivity index (χ4v) is 10.5. The minimum atomic E-state index is -1.06. The smallest absolute Gasteiger partial charge is 0.330 e. The Morgan fingerprint density at radius 1 is 0.406 bits per heavy atom. The minimum absolute atomic E-state index is 0.108. The molecule has 8 amide bonds. The van der Waals surface area contributed by atoms with Gasteiger partial charge in [-0.15, -0.1) is 0 Å². The summed E-state index contributed by atoms with van der Waals surface area (Å²) in [6.45, 7) is 10.4. The second kappa shape index (κ2) is 29.2. The predicted molar refractivity (Wildman–Crippen MR) is 359 cm³/mol. The molecule has 14 bridgehead atoms. The van der Waals surface area contributed by atoms with E-state index < -0.39 is 70.1 Å². The van der Waals surface area contributed by atoms with E-state index >= 15 is 0 Å². The third kappa shape index (κ3) is 16.2. The topological polar surface area (TPSA) is 336 Å². The summed E-state index contributed by atoms with van der Waals surface area (Å²) in [5.41, 5.74) is 0.549. The van der Waals surface area contributed by atoms with Crippen LogP contribution in [0.25, 0.3) is 0 Å². The molecule has 10 N–H and O–H groups in total. The van der Waals surface area contributed by atoms with Gasteiger partial charge in [-0.05, 0) is 171 Å². The number of phenols is 2. The van der Waals surface area contributed by atoms with Gasteiger partial charge in [0.05, 0.1) is 70.9 Å². The molecule has 0 saturated carbocycles. The number of benzene rings is 8. The Balaban J connectivity index is 1.09. The van der Waals surface area contributed by atoms with Crippen molar-refractivity contribution in [1.82, 2.24) is 0 Å². The van der Waals surface area contributed by atoms with Crippen LogP contribution in [0.2, 0.25) is 0 Å².